The maximum atomic E-state index is 12.5. The molecule has 1 saturated heterocycles. The molecule has 0 aromatic heterocycles. The summed E-state index contributed by atoms with van der Waals surface area (Å²) in [5.74, 6) is 0.277. The number of nitrogens with one attached hydrogen (secondary N) is 1. The van der Waals surface area contributed by atoms with E-state index in [9.17, 15) is 14.4 Å². The van der Waals surface area contributed by atoms with Gasteiger partial charge in [-0.05, 0) is 30.5 Å². The Bertz CT molecular complexity index is 725. The minimum Gasteiger partial charge on any atom is -0.497 e. The summed E-state index contributed by atoms with van der Waals surface area (Å²) in [6.45, 7) is 0.534. The lowest BCUT2D eigenvalue weighted by Crippen LogP contribution is -2.42. The standard InChI is InChI=1S/C20H27N3O4/c1-22-16(18(25)23(2)19(22)26)12-17(24)21-13-20(10-4-5-11-20)14-6-8-15(27-3)9-7-14/h6-9,16H,4-5,10-13H2,1-3H3,(H,21,24)/t16-/m1/s1. The molecule has 146 valence electrons. The number of benzene rings is 1. The average molecular weight is 373 g/mol. The van der Waals surface area contributed by atoms with Crippen LogP contribution in [0, 0.1) is 0 Å². The lowest BCUT2D eigenvalue weighted by molar-refractivity contribution is -0.131. The molecular weight excluding hydrogens is 346 g/mol. The maximum Gasteiger partial charge on any atom is 0.326 e. The molecule has 1 aliphatic carbocycles. The van der Waals surface area contributed by atoms with E-state index in [1.807, 2.05) is 12.1 Å². The number of urea groups is 1. The zero-order chi connectivity index (χ0) is 19.6. The van der Waals surface area contributed by atoms with Gasteiger partial charge in [-0.2, -0.15) is 0 Å². The van der Waals surface area contributed by atoms with Crippen molar-refractivity contribution in [3.8, 4) is 5.75 Å². The second-order valence-corrected chi connectivity index (χ2v) is 7.50. The third kappa shape index (κ3) is 3.63. The molecule has 3 rings (SSSR count). The smallest absolute Gasteiger partial charge is 0.326 e. The number of carbonyl (C=O) groups is 3. The van der Waals surface area contributed by atoms with Gasteiger partial charge in [0.15, 0.2) is 0 Å². The summed E-state index contributed by atoms with van der Waals surface area (Å²) in [6.07, 6.45) is 4.28. The van der Waals surface area contributed by atoms with Crippen molar-refractivity contribution in [2.45, 2.75) is 43.6 Å². The van der Waals surface area contributed by atoms with E-state index >= 15 is 0 Å². The van der Waals surface area contributed by atoms with Gasteiger partial charge >= 0.3 is 6.03 Å². The summed E-state index contributed by atoms with van der Waals surface area (Å²) in [6, 6.07) is 6.94. The first-order chi connectivity index (χ1) is 12.9. The number of amides is 4. The summed E-state index contributed by atoms with van der Waals surface area (Å²) in [4.78, 5) is 38.9. The summed E-state index contributed by atoms with van der Waals surface area (Å²) in [7, 11) is 4.64. The summed E-state index contributed by atoms with van der Waals surface area (Å²) in [5, 5.41) is 3.01. The Morgan fingerprint density at radius 2 is 1.81 bits per heavy atom. The van der Waals surface area contributed by atoms with Crippen LogP contribution in [-0.2, 0) is 15.0 Å². The highest BCUT2D eigenvalue weighted by Gasteiger charge is 2.42. The minimum absolute atomic E-state index is 0.00982. The van der Waals surface area contributed by atoms with E-state index in [1.165, 1.54) is 17.5 Å². The van der Waals surface area contributed by atoms with Gasteiger partial charge in [0.2, 0.25) is 5.91 Å². The lowest BCUT2D eigenvalue weighted by Gasteiger charge is -2.30. The Kier molecular flexibility index (Phi) is 5.39. The molecule has 7 heteroatoms. The number of nitrogens with zero attached hydrogens (tertiary/aromatic N) is 2. The molecule has 1 aromatic carbocycles. The van der Waals surface area contributed by atoms with Gasteiger partial charge in [-0.25, -0.2) is 4.79 Å². The molecule has 0 bridgehead atoms. The highest BCUT2D eigenvalue weighted by molar-refractivity contribution is 6.05. The molecular formula is C20H27N3O4. The molecule has 0 radical (unpaired) electrons. The molecule has 2 aliphatic rings. The fourth-order valence-electron chi connectivity index (χ4n) is 4.16. The number of hydrogen-bond acceptors (Lipinski definition) is 4. The van der Waals surface area contributed by atoms with Crippen LogP contribution in [0.15, 0.2) is 24.3 Å². The van der Waals surface area contributed by atoms with E-state index in [0.29, 0.717) is 6.54 Å². The molecule has 1 saturated carbocycles. The summed E-state index contributed by atoms with van der Waals surface area (Å²) < 4.78 is 5.24. The fraction of sp³-hybridized carbons (Fsp3) is 0.550. The van der Waals surface area contributed by atoms with E-state index in [2.05, 4.69) is 17.4 Å². The number of likely N-dealkylation sites (N-methyl/N-ethyl adjacent to an activating group) is 2. The molecule has 0 unspecified atom stereocenters. The van der Waals surface area contributed by atoms with E-state index in [0.717, 1.165) is 36.3 Å². The zero-order valence-electron chi connectivity index (χ0n) is 16.2. The average Bonchev–Trinajstić information content (AvgIpc) is 3.24. The van der Waals surface area contributed by atoms with Crippen molar-refractivity contribution in [3.05, 3.63) is 29.8 Å². The molecule has 1 heterocycles. The van der Waals surface area contributed by atoms with Crippen LogP contribution in [0.25, 0.3) is 0 Å². The fourth-order valence-corrected chi connectivity index (χ4v) is 4.16. The number of imide groups is 1. The van der Waals surface area contributed by atoms with Crippen molar-refractivity contribution in [1.29, 1.82) is 0 Å². The Hall–Kier alpha value is -2.57. The minimum atomic E-state index is -0.719. The predicted molar refractivity (Wildman–Crippen MR) is 100 cm³/mol. The van der Waals surface area contributed by atoms with Gasteiger partial charge in [0, 0.05) is 26.1 Å². The summed E-state index contributed by atoms with van der Waals surface area (Å²) in [5.41, 5.74) is 1.12. The van der Waals surface area contributed by atoms with Gasteiger partial charge in [-0.3, -0.25) is 14.5 Å². The van der Waals surface area contributed by atoms with E-state index in [4.69, 9.17) is 4.74 Å². The van der Waals surface area contributed by atoms with E-state index in [-0.39, 0.29) is 29.7 Å². The molecule has 4 amide bonds. The van der Waals surface area contributed by atoms with E-state index in [1.54, 1.807) is 14.2 Å². The van der Waals surface area contributed by atoms with Crippen LogP contribution >= 0.6 is 0 Å². The van der Waals surface area contributed by atoms with Gasteiger partial charge in [0.05, 0.1) is 13.5 Å². The molecule has 27 heavy (non-hydrogen) atoms. The van der Waals surface area contributed by atoms with Crippen LogP contribution < -0.4 is 10.1 Å². The first-order valence-electron chi connectivity index (χ1n) is 9.33. The number of hydrogen-bond donors (Lipinski definition) is 1. The Morgan fingerprint density at radius 1 is 1.19 bits per heavy atom. The molecule has 1 aliphatic heterocycles. The molecule has 0 spiro atoms. The highest BCUT2D eigenvalue weighted by atomic mass is 16.5. The maximum absolute atomic E-state index is 12.5. The lowest BCUT2D eigenvalue weighted by atomic mass is 9.78. The SMILES string of the molecule is COc1ccc(C2(CNC(=O)C[C@@H]3C(=O)N(C)C(=O)N3C)CCCC2)cc1. The zero-order valence-corrected chi connectivity index (χ0v) is 16.2. The van der Waals surface area contributed by atoms with Gasteiger partial charge in [-0.1, -0.05) is 25.0 Å². The predicted octanol–water partition coefficient (Wildman–Crippen LogP) is 1.91. The van der Waals surface area contributed by atoms with Crippen molar-refractivity contribution in [2.24, 2.45) is 0 Å². The van der Waals surface area contributed by atoms with Crippen molar-refractivity contribution in [3.63, 3.8) is 0 Å². The molecule has 1 N–H and O–H groups in total. The molecule has 2 fully saturated rings. The number of ether oxygens (including phenoxy) is 1. The Morgan fingerprint density at radius 3 is 2.33 bits per heavy atom. The van der Waals surface area contributed by atoms with Crippen molar-refractivity contribution >= 4 is 17.8 Å². The van der Waals surface area contributed by atoms with Crippen LogP contribution in [0.5, 0.6) is 5.75 Å². The van der Waals surface area contributed by atoms with Gasteiger partial charge in [0.1, 0.15) is 11.8 Å². The number of carbonyl (C=O) groups excluding carboxylic acids is 3. The third-order valence-electron chi connectivity index (χ3n) is 5.94. The van der Waals surface area contributed by atoms with Gasteiger partial charge in [-0.15, -0.1) is 0 Å². The van der Waals surface area contributed by atoms with Crippen LogP contribution in [-0.4, -0.2) is 61.4 Å². The summed E-state index contributed by atoms with van der Waals surface area (Å²) >= 11 is 0. The highest BCUT2D eigenvalue weighted by Crippen LogP contribution is 2.41. The normalized spacial score (nSPS) is 21.7. The number of rotatable bonds is 6. The van der Waals surface area contributed by atoms with E-state index < -0.39 is 6.04 Å². The van der Waals surface area contributed by atoms with Crippen LogP contribution in [0.1, 0.15) is 37.7 Å². The molecule has 1 aromatic rings. The second kappa shape index (κ2) is 7.58. The second-order valence-electron chi connectivity index (χ2n) is 7.50. The van der Waals surface area contributed by atoms with Crippen molar-refractivity contribution < 1.29 is 19.1 Å². The van der Waals surface area contributed by atoms with Crippen molar-refractivity contribution in [2.75, 3.05) is 27.7 Å². The Balaban J connectivity index is 1.65. The first kappa shape index (κ1) is 19.2. The Labute approximate surface area is 159 Å². The van der Waals surface area contributed by atoms with Gasteiger partial charge < -0.3 is 15.0 Å². The quantitative estimate of drug-likeness (QED) is 0.773. The first-order valence-corrected chi connectivity index (χ1v) is 9.33. The monoisotopic (exact) mass is 373 g/mol. The largest absolute Gasteiger partial charge is 0.497 e. The third-order valence-corrected chi connectivity index (χ3v) is 5.94. The number of methoxy groups -OCH3 is 1. The van der Waals surface area contributed by atoms with Crippen molar-refractivity contribution in [1.82, 2.24) is 15.1 Å². The van der Waals surface area contributed by atoms with Crippen LogP contribution in [0.3, 0.4) is 0 Å². The molecule has 1 atom stereocenters. The topological polar surface area (TPSA) is 79.0 Å². The molecule has 7 nitrogen and oxygen atoms in total. The van der Waals surface area contributed by atoms with Crippen LogP contribution in [0.2, 0.25) is 0 Å². The van der Waals surface area contributed by atoms with Gasteiger partial charge in [0.25, 0.3) is 5.91 Å². The van der Waals surface area contributed by atoms with Crippen LogP contribution in [0.4, 0.5) is 4.79 Å².